The summed E-state index contributed by atoms with van der Waals surface area (Å²) < 4.78 is 0. The van der Waals surface area contributed by atoms with E-state index in [9.17, 15) is 4.79 Å². The molecule has 0 spiro atoms. The number of carbonyl (C=O) groups is 1. The van der Waals surface area contributed by atoms with E-state index in [-0.39, 0.29) is 11.9 Å². The minimum Gasteiger partial charge on any atom is -0.300 e. The Labute approximate surface area is 146 Å². The van der Waals surface area contributed by atoms with Crippen LogP contribution in [0.4, 0.5) is 5.69 Å². The molecule has 3 atom stereocenters. The normalized spacial score (nSPS) is 25.0. The van der Waals surface area contributed by atoms with Gasteiger partial charge < -0.3 is 4.90 Å². The van der Waals surface area contributed by atoms with Crippen molar-refractivity contribution in [3.63, 3.8) is 0 Å². The summed E-state index contributed by atoms with van der Waals surface area (Å²) in [5, 5.41) is 0. The van der Waals surface area contributed by atoms with Gasteiger partial charge in [0.1, 0.15) is 0 Å². The zero-order chi connectivity index (χ0) is 16.5. The average molecular weight is 323 g/mol. The molecule has 0 fully saturated rings. The molecule has 25 heavy (non-hydrogen) atoms. The zero-order valence-electron chi connectivity index (χ0n) is 13.7. The van der Waals surface area contributed by atoms with E-state index in [2.05, 4.69) is 59.5 Å². The third kappa shape index (κ3) is 1.57. The summed E-state index contributed by atoms with van der Waals surface area (Å²) in [5.41, 5.74) is 7.34. The Bertz CT molecular complexity index is 1040. The number of hydrogen-bond donors (Lipinski definition) is 0. The van der Waals surface area contributed by atoms with Gasteiger partial charge in [-0.3, -0.25) is 4.79 Å². The molecule has 3 aliphatic rings. The Morgan fingerprint density at radius 3 is 2.32 bits per heavy atom. The Morgan fingerprint density at radius 2 is 1.44 bits per heavy atom. The molecule has 2 heterocycles. The standard InChI is InChI=1S/C23H17NO/c25-23-17-10-4-3-9-16(17)22-19-13-14-7-1-2-8-15(14)21(19)18-11-5-6-12-20(18)24(22)23/h1-12,19,21-22H,13H2/t19-,21-,22+/m1/s1. The summed E-state index contributed by atoms with van der Waals surface area (Å²) in [6, 6.07) is 25.6. The number of benzene rings is 3. The quantitative estimate of drug-likeness (QED) is 0.587. The molecule has 0 unspecified atom stereocenters. The van der Waals surface area contributed by atoms with Crippen LogP contribution in [0.3, 0.4) is 0 Å². The second-order valence-electron chi connectivity index (χ2n) is 7.31. The van der Waals surface area contributed by atoms with Crippen LogP contribution < -0.4 is 4.90 Å². The second-order valence-corrected chi connectivity index (χ2v) is 7.31. The summed E-state index contributed by atoms with van der Waals surface area (Å²) in [6.07, 6.45) is 1.04. The van der Waals surface area contributed by atoms with Gasteiger partial charge in [-0.2, -0.15) is 0 Å². The molecule has 0 N–H and O–H groups in total. The lowest BCUT2D eigenvalue weighted by atomic mass is 9.75. The van der Waals surface area contributed by atoms with Gasteiger partial charge in [-0.1, -0.05) is 60.7 Å². The number of nitrogens with zero attached hydrogens (tertiary/aromatic N) is 1. The largest absolute Gasteiger partial charge is 0.300 e. The first kappa shape index (κ1) is 13.4. The number of carbonyl (C=O) groups excluding carboxylic acids is 1. The molecule has 0 radical (unpaired) electrons. The van der Waals surface area contributed by atoms with Crippen LogP contribution in [0.2, 0.25) is 0 Å². The van der Waals surface area contributed by atoms with Crippen LogP contribution in [0.5, 0.6) is 0 Å². The maximum Gasteiger partial charge on any atom is 0.259 e. The van der Waals surface area contributed by atoms with Gasteiger partial charge in [0, 0.05) is 17.2 Å². The smallest absolute Gasteiger partial charge is 0.259 e. The molecule has 3 aromatic rings. The minimum absolute atomic E-state index is 0.149. The molecular weight excluding hydrogens is 306 g/mol. The molecule has 1 aliphatic carbocycles. The highest BCUT2D eigenvalue weighted by molar-refractivity contribution is 6.12. The van der Waals surface area contributed by atoms with Crippen LogP contribution in [0, 0.1) is 5.92 Å². The van der Waals surface area contributed by atoms with Crippen LogP contribution in [0.1, 0.15) is 44.6 Å². The number of amides is 1. The van der Waals surface area contributed by atoms with Crippen LogP contribution in [-0.2, 0) is 6.42 Å². The van der Waals surface area contributed by atoms with E-state index in [1.807, 2.05) is 18.2 Å². The molecule has 120 valence electrons. The summed E-state index contributed by atoms with van der Waals surface area (Å²) in [6.45, 7) is 0. The maximum absolute atomic E-state index is 13.2. The van der Waals surface area contributed by atoms with Crippen molar-refractivity contribution in [3.05, 3.63) is 101 Å². The van der Waals surface area contributed by atoms with Crippen molar-refractivity contribution in [2.24, 2.45) is 5.92 Å². The summed E-state index contributed by atoms with van der Waals surface area (Å²) in [5.74, 6) is 0.954. The minimum atomic E-state index is 0.149. The first-order valence-electron chi connectivity index (χ1n) is 8.94. The molecule has 2 heteroatoms. The lowest BCUT2D eigenvalue weighted by molar-refractivity contribution is 0.0981. The lowest BCUT2D eigenvalue weighted by Gasteiger charge is -2.41. The molecule has 0 aromatic heterocycles. The van der Waals surface area contributed by atoms with E-state index in [4.69, 9.17) is 0 Å². The molecule has 0 saturated carbocycles. The van der Waals surface area contributed by atoms with Gasteiger partial charge >= 0.3 is 0 Å². The van der Waals surface area contributed by atoms with Crippen molar-refractivity contribution >= 4 is 11.6 Å². The maximum atomic E-state index is 13.2. The Balaban J connectivity index is 1.66. The van der Waals surface area contributed by atoms with Gasteiger partial charge in [-0.05, 0) is 46.7 Å². The van der Waals surface area contributed by atoms with E-state index in [0.29, 0.717) is 11.8 Å². The predicted molar refractivity (Wildman–Crippen MR) is 97.9 cm³/mol. The van der Waals surface area contributed by atoms with Crippen molar-refractivity contribution in [2.75, 3.05) is 4.90 Å². The van der Waals surface area contributed by atoms with E-state index in [1.165, 1.54) is 22.3 Å². The summed E-state index contributed by atoms with van der Waals surface area (Å²) in [4.78, 5) is 15.2. The SMILES string of the molecule is O=C1c2ccccc2[C@H]2[C@@H]3Cc4ccccc4[C@@H]3c3ccccc3N12. The Kier molecular flexibility index (Phi) is 2.47. The number of hydrogen-bond acceptors (Lipinski definition) is 1. The fourth-order valence-corrected chi connectivity index (χ4v) is 5.31. The fourth-order valence-electron chi connectivity index (χ4n) is 5.31. The molecule has 0 saturated heterocycles. The van der Waals surface area contributed by atoms with Crippen LogP contribution in [0.25, 0.3) is 0 Å². The Hall–Kier alpha value is -2.87. The molecule has 2 aliphatic heterocycles. The van der Waals surface area contributed by atoms with Crippen molar-refractivity contribution in [2.45, 2.75) is 18.4 Å². The van der Waals surface area contributed by atoms with Gasteiger partial charge in [-0.25, -0.2) is 0 Å². The van der Waals surface area contributed by atoms with Gasteiger partial charge in [0.15, 0.2) is 0 Å². The van der Waals surface area contributed by atoms with E-state index < -0.39 is 0 Å². The topological polar surface area (TPSA) is 20.3 Å². The monoisotopic (exact) mass is 323 g/mol. The van der Waals surface area contributed by atoms with E-state index in [0.717, 1.165) is 17.7 Å². The van der Waals surface area contributed by atoms with Gasteiger partial charge in [-0.15, -0.1) is 0 Å². The molecular formula is C23H17NO. The molecule has 6 rings (SSSR count). The molecule has 1 amide bonds. The zero-order valence-corrected chi connectivity index (χ0v) is 13.7. The highest BCUT2D eigenvalue weighted by Gasteiger charge is 2.52. The van der Waals surface area contributed by atoms with Gasteiger partial charge in [0.25, 0.3) is 5.91 Å². The van der Waals surface area contributed by atoms with Crippen LogP contribution in [-0.4, -0.2) is 5.91 Å². The van der Waals surface area contributed by atoms with Crippen molar-refractivity contribution in [3.8, 4) is 0 Å². The highest BCUT2D eigenvalue weighted by Crippen LogP contribution is 2.58. The average Bonchev–Trinajstić information content (AvgIpc) is 3.19. The van der Waals surface area contributed by atoms with Crippen molar-refractivity contribution in [1.82, 2.24) is 0 Å². The number of para-hydroxylation sites is 1. The third-order valence-corrected chi connectivity index (χ3v) is 6.22. The van der Waals surface area contributed by atoms with E-state index >= 15 is 0 Å². The number of anilines is 1. The second kappa shape index (κ2) is 4.60. The summed E-state index contributed by atoms with van der Waals surface area (Å²) in [7, 11) is 0. The van der Waals surface area contributed by atoms with Crippen LogP contribution in [0.15, 0.2) is 72.8 Å². The van der Waals surface area contributed by atoms with Crippen molar-refractivity contribution < 1.29 is 4.79 Å². The van der Waals surface area contributed by atoms with Gasteiger partial charge in [0.2, 0.25) is 0 Å². The first-order chi connectivity index (χ1) is 12.3. The number of rotatable bonds is 0. The van der Waals surface area contributed by atoms with Gasteiger partial charge in [0.05, 0.1) is 6.04 Å². The molecule has 3 aromatic carbocycles. The fraction of sp³-hybridized carbons (Fsp3) is 0.174. The van der Waals surface area contributed by atoms with Crippen LogP contribution >= 0.6 is 0 Å². The number of fused-ring (bicyclic) bond motifs is 10. The predicted octanol–water partition coefficient (Wildman–Crippen LogP) is 4.71. The lowest BCUT2D eigenvalue weighted by Crippen LogP contribution is -2.39. The highest BCUT2D eigenvalue weighted by atomic mass is 16.2. The third-order valence-electron chi connectivity index (χ3n) is 6.22. The molecule has 0 bridgehead atoms. The van der Waals surface area contributed by atoms with E-state index in [1.54, 1.807) is 0 Å². The first-order valence-corrected chi connectivity index (χ1v) is 8.94. The molecule has 2 nitrogen and oxygen atoms in total. The summed E-state index contributed by atoms with van der Waals surface area (Å²) >= 11 is 0. The van der Waals surface area contributed by atoms with Crippen molar-refractivity contribution in [1.29, 1.82) is 0 Å². The Morgan fingerprint density at radius 1 is 0.760 bits per heavy atom.